The zero-order valence-corrected chi connectivity index (χ0v) is 17.9. The van der Waals surface area contributed by atoms with Crippen molar-refractivity contribution in [2.24, 2.45) is 0 Å². The molecule has 1 heterocycles. The number of esters is 2. The normalized spacial score (nSPS) is 22.8. The Hall–Kier alpha value is -2.73. The highest BCUT2D eigenvalue weighted by molar-refractivity contribution is 6.33. The molecule has 154 valence electrons. The van der Waals surface area contributed by atoms with Crippen molar-refractivity contribution in [2.45, 2.75) is 38.3 Å². The molecule has 1 aliphatic heterocycles. The predicted molar refractivity (Wildman–Crippen MR) is 113 cm³/mol. The lowest BCUT2D eigenvalue weighted by molar-refractivity contribution is -0.151. The number of fused-ring (bicyclic) bond motifs is 1. The van der Waals surface area contributed by atoms with Crippen LogP contribution in [0, 0.1) is 13.8 Å². The van der Waals surface area contributed by atoms with Gasteiger partial charge in [0.2, 0.25) is 0 Å². The van der Waals surface area contributed by atoms with Crippen molar-refractivity contribution >= 4 is 34.9 Å². The predicted octanol–water partition coefficient (Wildman–Crippen LogP) is 4.18. The highest BCUT2D eigenvalue weighted by atomic mass is 35.5. The summed E-state index contributed by atoms with van der Waals surface area (Å²) in [6, 6.07) is 11.2. The first-order valence-electron chi connectivity index (χ1n) is 9.26. The van der Waals surface area contributed by atoms with Crippen LogP contribution in [0.25, 0.3) is 0 Å². The highest BCUT2D eigenvalue weighted by Crippen LogP contribution is 2.46. The molecule has 2 aromatic carbocycles. The molecule has 0 aromatic heterocycles. The number of rotatable bonds is 4. The van der Waals surface area contributed by atoms with Gasteiger partial charge in [-0.1, -0.05) is 35.4 Å². The third-order valence-electron chi connectivity index (χ3n) is 5.31. The molecule has 7 heteroatoms. The lowest BCUT2D eigenvalue weighted by Crippen LogP contribution is -2.59. The maximum atomic E-state index is 13.2. The second-order valence-corrected chi connectivity index (χ2v) is 8.09. The monoisotopic (exact) mass is 416 g/mol. The summed E-state index contributed by atoms with van der Waals surface area (Å²) in [5.41, 5.74) is 1.37. The van der Waals surface area contributed by atoms with E-state index >= 15 is 0 Å². The molecule has 0 unspecified atom stereocenters. The number of carbonyl (C=O) groups is 2. The molecular formula is C22H25ClN2O4. The quantitative estimate of drug-likeness (QED) is 0.728. The molecule has 3 rings (SSSR count). The first-order valence-corrected chi connectivity index (χ1v) is 9.63. The summed E-state index contributed by atoms with van der Waals surface area (Å²) in [5.74, 6) is -0.994. The molecular weight excluding hydrogens is 392 g/mol. The van der Waals surface area contributed by atoms with E-state index in [4.69, 9.17) is 21.1 Å². The topological polar surface area (TPSA) is 76.7 Å². The fourth-order valence-electron chi connectivity index (χ4n) is 3.91. The molecule has 0 radical (unpaired) electrons. The van der Waals surface area contributed by atoms with Gasteiger partial charge < -0.3 is 20.1 Å². The summed E-state index contributed by atoms with van der Waals surface area (Å²) in [6.07, 6.45) is 0.0694. The molecule has 2 N–H and O–H groups in total. The minimum atomic E-state index is -1.34. The standard InChI is InChI=1S/C22H25ClN2O4/c1-13-6-8-17-15(10-13)22(20(27)29-5,12-21(3,24-17)19(26)28-4)25-18-9-7-14(2)11-16(18)23/h6-11,24-25H,12H2,1-5H3/t21-,22+/m1/s1. The van der Waals surface area contributed by atoms with E-state index < -0.39 is 23.0 Å². The van der Waals surface area contributed by atoms with Crippen LogP contribution < -0.4 is 10.6 Å². The zero-order chi connectivity index (χ0) is 21.4. The maximum absolute atomic E-state index is 13.2. The van der Waals surface area contributed by atoms with Crippen LogP contribution in [0.3, 0.4) is 0 Å². The Morgan fingerprint density at radius 3 is 2.28 bits per heavy atom. The van der Waals surface area contributed by atoms with Gasteiger partial charge in [0.25, 0.3) is 0 Å². The van der Waals surface area contributed by atoms with E-state index in [-0.39, 0.29) is 6.42 Å². The molecule has 29 heavy (non-hydrogen) atoms. The number of hydrogen-bond acceptors (Lipinski definition) is 6. The van der Waals surface area contributed by atoms with Gasteiger partial charge in [0.15, 0.2) is 5.54 Å². The SMILES string of the molecule is COC(=O)[C@@]1(C)C[C@@](Nc2ccc(C)cc2Cl)(C(=O)OC)c2cc(C)ccc2N1. The molecule has 2 atom stereocenters. The number of methoxy groups -OCH3 is 2. The van der Waals surface area contributed by atoms with Gasteiger partial charge in [-0.25, -0.2) is 9.59 Å². The van der Waals surface area contributed by atoms with E-state index in [2.05, 4.69) is 10.6 Å². The number of benzene rings is 2. The molecule has 0 amide bonds. The van der Waals surface area contributed by atoms with Crippen LogP contribution in [0.2, 0.25) is 5.02 Å². The average Bonchev–Trinajstić information content (AvgIpc) is 2.69. The lowest BCUT2D eigenvalue weighted by Gasteiger charge is -2.46. The second kappa shape index (κ2) is 7.59. The van der Waals surface area contributed by atoms with E-state index in [9.17, 15) is 9.59 Å². The number of aryl methyl sites for hydroxylation is 2. The number of carbonyl (C=O) groups excluding carboxylic acids is 2. The van der Waals surface area contributed by atoms with Gasteiger partial charge in [-0.05, 0) is 44.5 Å². The van der Waals surface area contributed by atoms with Gasteiger partial charge in [0, 0.05) is 17.7 Å². The Morgan fingerprint density at radius 2 is 1.66 bits per heavy atom. The summed E-state index contributed by atoms with van der Waals surface area (Å²) >= 11 is 6.46. The Bertz CT molecular complexity index is 977. The molecule has 0 saturated heterocycles. The summed E-state index contributed by atoms with van der Waals surface area (Å²) in [7, 11) is 2.65. The van der Waals surface area contributed by atoms with E-state index in [1.54, 1.807) is 6.92 Å². The zero-order valence-electron chi connectivity index (χ0n) is 17.2. The molecule has 0 aliphatic carbocycles. The first-order chi connectivity index (χ1) is 13.6. The Balaban J connectivity index is 2.25. The van der Waals surface area contributed by atoms with E-state index in [1.165, 1.54) is 14.2 Å². The number of anilines is 2. The van der Waals surface area contributed by atoms with Gasteiger partial charge in [0.05, 0.1) is 24.9 Å². The van der Waals surface area contributed by atoms with Gasteiger partial charge in [-0.3, -0.25) is 0 Å². The molecule has 0 saturated carbocycles. The van der Waals surface area contributed by atoms with Crippen LogP contribution >= 0.6 is 11.6 Å². The molecule has 0 bridgehead atoms. The summed E-state index contributed by atoms with van der Waals surface area (Å²) in [5, 5.41) is 7.02. The second-order valence-electron chi connectivity index (χ2n) is 7.68. The van der Waals surface area contributed by atoms with Crippen LogP contribution in [0.5, 0.6) is 0 Å². The maximum Gasteiger partial charge on any atom is 0.336 e. The van der Waals surface area contributed by atoms with E-state index in [0.717, 1.165) is 11.1 Å². The van der Waals surface area contributed by atoms with Crippen molar-refractivity contribution in [1.29, 1.82) is 0 Å². The Labute approximate surface area is 175 Å². The molecule has 0 fully saturated rings. The number of ether oxygens (including phenoxy) is 2. The van der Waals surface area contributed by atoms with Gasteiger partial charge in [-0.2, -0.15) is 0 Å². The lowest BCUT2D eigenvalue weighted by atomic mass is 9.73. The summed E-state index contributed by atoms with van der Waals surface area (Å²) in [6.45, 7) is 5.58. The van der Waals surface area contributed by atoms with Crippen molar-refractivity contribution in [3.63, 3.8) is 0 Å². The van der Waals surface area contributed by atoms with Crippen molar-refractivity contribution in [3.05, 3.63) is 58.1 Å². The minimum absolute atomic E-state index is 0.0694. The summed E-state index contributed by atoms with van der Waals surface area (Å²) in [4.78, 5) is 25.9. The van der Waals surface area contributed by atoms with E-state index in [0.29, 0.717) is 22.0 Å². The Kier molecular flexibility index (Phi) is 5.50. The van der Waals surface area contributed by atoms with Crippen LogP contribution in [-0.2, 0) is 24.6 Å². The van der Waals surface area contributed by atoms with Gasteiger partial charge in [0.1, 0.15) is 5.54 Å². The smallest absolute Gasteiger partial charge is 0.336 e. The highest BCUT2D eigenvalue weighted by Gasteiger charge is 2.55. The van der Waals surface area contributed by atoms with E-state index in [1.807, 2.05) is 50.2 Å². The van der Waals surface area contributed by atoms with Crippen molar-refractivity contribution in [1.82, 2.24) is 0 Å². The van der Waals surface area contributed by atoms with Crippen molar-refractivity contribution < 1.29 is 19.1 Å². The van der Waals surface area contributed by atoms with Crippen LogP contribution in [0.1, 0.15) is 30.0 Å². The van der Waals surface area contributed by atoms with Gasteiger partial charge >= 0.3 is 11.9 Å². The average molecular weight is 417 g/mol. The molecule has 0 spiro atoms. The van der Waals surface area contributed by atoms with Crippen LogP contribution in [0.4, 0.5) is 11.4 Å². The van der Waals surface area contributed by atoms with Crippen molar-refractivity contribution in [2.75, 3.05) is 24.9 Å². The largest absolute Gasteiger partial charge is 0.467 e. The third kappa shape index (κ3) is 3.65. The molecule has 1 aliphatic rings. The number of nitrogens with one attached hydrogen (secondary N) is 2. The molecule has 2 aromatic rings. The molecule has 6 nitrogen and oxygen atoms in total. The van der Waals surface area contributed by atoms with Crippen LogP contribution in [-0.4, -0.2) is 31.7 Å². The minimum Gasteiger partial charge on any atom is -0.467 e. The van der Waals surface area contributed by atoms with Crippen LogP contribution in [0.15, 0.2) is 36.4 Å². The van der Waals surface area contributed by atoms with Crippen molar-refractivity contribution in [3.8, 4) is 0 Å². The number of hydrogen-bond donors (Lipinski definition) is 2. The first kappa shape index (κ1) is 21.0. The fraction of sp³-hybridized carbons (Fsp3) is 0.364. The van der Waals surface area contributed by atoms with Gasteiger partial charge in [-0.15, -0.1) is 0 Å². The third-order valence-corrected chi connectivity index (χ3v) is 5.62. The summed E-state index contributed by atoms with van der Waals surface area (Å²) < 4.78 is 10.2. The Morgan fingerprint density at radius 1 is 1.03 bits per heavy atom. The number of halogens is 1. The fourth-order valence-corrected chi connectivity index (χ4v) is 4.19.